The lowest BCUT2D eigenvalue weighted by Gasteiger charge is -2.14. The SMILES string of the molecule is Cc1cccc(NC(=O)c2cc3cc(Br)ccc3n2NC(=O)C(=O)Nc2ccc(Br)cc2F)c1C. The summed E-state index contributed by atoms with van der Waals surface area (Å²) in [5.41, 5.74) is 5.45. The Balaban J connectivity index is 1.65. The molecule has 0 bridgehead atoms. The van der Waals surface area contributed by atoms with Gasteiger partial charge < -0.3 is 10.6 Å². The molecule has 0 spiro atoms. The molecular weight excluding hydrogens is 583 g/mol. The topological polar surface area (TPSA) is 92.2 Å². The van der Waals surface area contributed by atoms with Crippen LogP contribution in [0.2, 0.25) is 0 Å². The molecule has 4 rings (SSSR count). The van der Waals surface area contributed by atoms with Crippen molar-refractivity contribution in [1.29, 1.82) is 0 Å². The molecular formula is C25H19Br2FN4O3. The van der Waals surface area contributed by atoms with Crippen molar-refractivity contribution >= 4 is 71.9 Å². The average molecular weight is 602 g/mol. The fourth-order valence-electron chi connectivity index (χ4n) is 3.47. The Bertz CT molecular complexity index is 1500. The number of amides is 3. The molecule has 0 fully saturated rings. The number of nitrogens with one attached hydrogen (secondary N) is 3. The van der Waals surface area contributed by atoms with E-state index in [1.165, 1.54) is 22.9 Å². The molecule has 4 aromatic rings. The summed E-state index contributed by atoms with van der Waals surface area (Å²) >= 11 is 6.53. The largest absolute Gasteiger partial charge is 0.328 e. The van der Waals surface area contributed by atoms with Crippen LogP contribution in [0, 0.1) is 19.7 Å². The highest BCUT2D eigenvalue weighted by atomic mass is 79.9. The quantitative estimate of drug-likeness (QED) is 0.255. The maximum Gasteiger partial charge on any atom is 0.328 e. The molecule has 0 atom stereocenters. The number of aryl methyl sites for hydroxylation is 1. The fraction of sp³-hybridized carbons (Fsp3) is 0.0800. The Morgan fingerprint density at radius 1 is 0.829 bits per heavy atom. The molecule has 3 amide bonds. The van der Waals surface area contributed by atoms with Crippen molar-refractivity contribution in [3.63, 3.8) is 0 Å². The number of anilines is 2. The first-order chi connectivity index (χ1) is 16.6. The van der Waals surface area contributed by atoms with Gasteiger partial charge in [0, 0.05) is 20.0 Å². The van der Waals surface area contributed by atoms with Crippen molar-refractivity contribution in [3.05, 3.63) is 92.2 Å². The van der Waals surface area contributed by atoms with Crippen LogP contribution in [0.5, 0.6) is 0 Å². The summed E-state index contributed by atoms with van der Waals surface area (Å²) in [5, 5.41) is 5.76. The van der Waals surface area contributed by atoms with Crippen molar-refractivity contribution in [2.45, 2.75) is 13.8 Å². The zero-order valence-corrected chi connectivity index (χ0v) is 21.8. The third kappa shape index (κ3) is 5.28. The Morgan fingerprint density at radius 3 is 2.29 bits per heavy atom. The van der Waals surface area contributed by atoms with Crippen LogP contribution in [-0.2, 0) is 9.59 Å². The van der Waals surface area contributed by atoms with E-state index in [2.05, 4.69) is 47.9 Å². The Kier molecular flexibility index (Phi) is 7.04. The predicted octanol–water partition coefficient (Wildman–Crippen LogP) is 5.88. The maximum absolute atomic E-state index is 14.1. The van der Waals surface area contributed by atoms with Crippen LogP contribution in [0.4, 0.5) is 15.8 Å². The van der Waals surface area contributed by atoms with E-state index in [1.807, 2.05) is 26.0 Å². The van der Waals surface area contributed by atoms with Gasteiger partial charge in [0.2, 0.25) is 0 Å². The molecule has 0 aliphatic heterocycles. The van der Waals surface area contributed by atoms with Gasteiger partial charge in [0.1, 0.15) is 11.5 Å². The van der Waals surface area contributed by atoms with Gasteiger partial charge in [0.25, 0.3) is 5.91 Å². The second-order valence-corrected chi connectivity index (χ2v) is 9.62. The number of nitrogens with zero attached hydrogens (tertiary/aromatic N) is 1. The molecule has 1 heterocycles. The Hall–Kier alpha value is -3.50. The van der Waals surface area contributed by atoms with Crippen LogP contribution >= 0.6 is 31.9 Å². The smallest absolute Gasteiger partial charge is 0.320 e. The van der Waals surface area contributed by atoms with E-state index in [1.54, 1.807) is 30.3 Å². The molecule has 10 heteroatoms. The second-order valence-electron chi connectivity index (χ2n) is 7.79. The molecule has 0 radical (unpaired) electrons. The number of hydrogen-bond donors (Lipinski definition) is 3. The number of benzene rings is 3. The summed E-state index contributed by atoms with van der Waals surface area (Å²) < 4.78 is 16.6. The van der Waals surface area contributed by atoms with Crippen molar-refractivity contribution in [2.75, 3.05) is 16.1 Å². The first kappa shape index (κ1) is 24.6. The van der Waals surface area contributed by atoms with Gasteiger partial charge >= 0.3 is 11.8 Å². The van der Waals surface area contributed by atoms with Crippen molar-refractivity contribution in [1.82, 2.24) is 4.68 Å². The summed E-state index contributed by atoms with van der Waals surface area (Å²) in [7, 11) is 0. The fourth-order valence-corrected chi connectivity index (χ4v) is 4.18. The summed E-state index contributed by atoms with van der Waals surface area (Å²) in [5.74, 6) is -3.35. The first-order valence-electron chi connectivity index (χ1n) is 10.4. The van der Waals surface area contributed by atoms with Gasteiger partial charge in [-0.1, -0.05) is 44.0 Å². The van der Waals surface area contributed by atoms with E-state index in [9.17, 15) is 18.8 Å². The predicted molar refractivity (Wildman–Crippen MR) is 141 cm³/mol. The van der Waals surface area contributed by atoms with Crippen LogP contribution in [0.3, 0.4) is 0 Å². The number of aromatic nitrogens is 1. The number of carbonyl (C=O) groups is 3. The van der Waals surface area contributed by atoms with E-state index in [-0.39, 0.29) is 11.4 Å². The summed E-state index contributed by atoms with van der Waals surface area (Å²) in [6.45, 7) is 3.83. The summed E-state index contributed by atoms with van der Waals surface area (Å²) in [4.78, 5) is 38.4. The standard InChI is InChI=1S/C25H19Br2FN4O3/c1-13-4-3-5-19(14(13)2)29-23(33)22-11-15-10-16(26)7-9-21(15)32(22)31-25(35)24(34)30-20-8-6-17(27)12-18(20)28/h3-12H,1-2H3,(H,29,33)(H,30,34)(H,31,35). The highest BCUT2D eigenvalue weighted by Gasteiger charge is 2.22. The highest BCUT2D eigenvalue weighted by molar-refractivity contribution is 9.10. The summed E-state index contributed by atoms with van der Waals surface area (Å²) in [6.07, 6.45) is 0. The van der Waals surface area contributed by atoms with Crippen molar-refractivity contribution < 1.29 is 18.8 Å². The van der Waals surface area contributed by atoms with E-state index in [0.717, 1.165) is 15.6 Å². The third-order valence-electron chi connectivity index (χ3n) is 5.45. The number of halogens is 3. The zero-order valence-electron chi connectivity index (χ0n) is 18.6. The van der Waals surface area contributed by atoms with Crippen LogP contribution in [0.1, 0.15) is 21.6 Å². The molecule has 7 nitrogen and oxygen atoms in total. The van der Waals surface area contributed by atoms with Crippen LogP contribution in [-0.4, -0.2) is 22.4 Å². The molecule has 0 aliphatic rings. The lowest BCUT2D eigenvalue weighted by atomic mass is 10.1. The van der Waals surface area contributed by atoms with Gasteiger partial charge in [-0.2, -0.15) is 0 Å². The van der Waals surface area contributed by atoms with Gasteiger partial charge in [0.05, 0.1) is 11.2 Å². The van der Waals surface area contributed by atoms with Gasteiger partial charge in [-0.15, -0.1) is 0 Å². The minimum absolute atomic E-state index is 0.106. The van der Waals surface area contributed by atoms with E-state index >= 15 is 0 Å². The van der Waals surface area contributed by atoms with E-state index in [0.29, 0.717) is 21.1 Å². The number of hydrogen-bond acceptors (Lipinski definition) is 3. The molecule has 0 saturated heterocycles. The summed E-state index contributed by atoms with van der Waals surface area (Å²) in [6, 6.07) is 16.4. The molecule has 1 aromatic heterocycles. The van der Waals surface area contributed by atoms with Gasteiger partial charge in [-0.3, -0.25) is 19.8 Å². The molecule has 3 N–H and O–H groups in total. The lowest BCUT2D eigenvalue weighted by Crippen LogP contribution is -2.36. The average Bonchev–Trinajstić information content (AvgIpc) is 3.16. The van der Waals surface area contributed by atoms with Gasteiger partial charge in [-0.05, 0) is 73.5 Å². The van der Waals surface area contributed by atoms with Crippen molar-refractivity contribution in [2.24, 2.45) is 0 Å². The van der Waals surface area contributed by atoms with Crippen LogP contribution in [0.25, 0.3) is 10.9 Å². The van der Waals surface area contributed by atoms with E-state index < -0.39 is 23.5 Å². The van der Waals surface area contributed by atoms with Crippen LogP contribution < -0.4 is 16.1 Å². The molecule has 35 heavy (non-hydrogen) atoms. The first-order valence-corrected chi connectivity index (χ1v) is 12.0. The Labute approximate surface area is 216 Å². The third-order valence-corrected chi connectivity index (χ3v) is 6.43. The number of rotatable bonds is 4. The molecule has 0 unspecified atom stereocenters. The molecule has 3 aromatic carbocycles. The van der Waals surface area contributed by atoms with Crippen molar-refractivity contribution in [3.8, 4) is 0 Å². The van der Waals surface area contributed by atoms with Gasteiger partial charge in [-0.25, -0.2) is 9.07 Å². The monoisotopic (exact) mass is 600 g/mol. The zero-order chi connectivity index (χ0) is 25.3. The molecule has 178 valence electrons. The number of carbonyl (C=O) groups excluding carboxylic acids is 3. The minimum atomic E-state index is -1.09. The van der Waals surface area contributed by atoms with Gasteiger partial charge in [0.15, 0.2) is 0 Å². The van der Waals surface area contributed by atoms with E-state index in [4.69, 9.17) is 0 Å². The second kappa shape index (κ2) is 10.0. The lowest BCUT2D eigenvalue weighted by molar-refractivity contribution is -0.133. The maximum atomic E-state index is 14.1. The normalized spacial score (nSPS) is 10.8. The number of fused-ring (bicyclic) bond motifs is 1. The Morgan fingerprint density at radius 2 is 1.54 bits per heavy atom. The highest BCUT2D eigenvalue weighted by Crippen LogP contribution is 2.25. The minimum Gasteiger partial charge on any atom is -0.320 e. The molecule has 0 saturated carbocycles. The molecule has 0 aliphatic carbocycles. The van der Waals surface area contributed by atoms with Crippen LogP contribution in [0.15, 0.2) is 69.6 Å².